The minimum absolute atomic E-state index is 0.142. The number of hydrogen-bond acceptors (Lipinski definition) is 3. The van der Waals surface area contributed by atoms with Crippen LogP contribution in [0.3, 0.4) is 0 Å². The fourth-order valence-corrected chi connectivity index (χ4v) is 1.60. The first kappa shape index (κ1) is 10.8. The maximum atomic E-state index is 10.8. The summed E-state index contributed by atoms with van der Waals surface area (Å²) in [5, 5.41) is 5.20. The summed E-state index contributed by atoms with van der Waals surface area (Å²) in [6.45, 7) is 0.652. The van der Waals surface area contributed by atoms with Gasteiger partial charge in [0.1, 0.15) is 0 Å². The van der Waals surface area contributed by atoms with Crippen molar-refractivity contribution in [3.05, 3.63) is 24.5 Å². The van der Waals surface area contributed by atoms with Gasteiger partial charge < -0.3 is 10.6 Å². The monoisotopic (exact) mass is 211 g/mol. The minimum atomic E-state index is -0.142. The summed E-state index contributed by atoms with van der Waals surface area (Å²) in [6, 6.07) is 3.75. The van der Waals surface area contributed by atoms with Gasteiger partial charge in [-0.3, -0.25) is 4.98 Å². The third-order valence-electron chi connectivity index (χ3n) is 1.52. The van der Waals surface area contributed by atoms with E-state index in [1.807, 2.05) is 18.3 Å². The van der Waals surface area contributed by atoms with E-state index in [1.54, 1.807) is 25.0 Å². The average Bonchev–Trinajstić information content (AvgIpc) is 2.25. The van der Waals surface area contributed by atoms with Gasteiger partial charge in [-0.1, -0.05) is 0 Å². The zero-order chi connectivity index (χ0) is 10.2. The molecule has 1 aromatic heterocycles. The van der Waals surface area contributed by atoms with E-state index in [9.17, 15) is 4.79 Å². The smallest absolute Gasteiger partial charge is 0.314 e. The molecule has 76 valence electrons. The zero-order valence-corrected chi connectivity index (χ0v) is 8.80. The second kappa shape index (κ2) is 6.26. The highest BCUT2D eigenvalue weighted by atomic mass is 32.2. The lowest BCUT2D eigenvalue weighted by Crippen LogP contribution is -2.34. The van der Waals surface area contributed by atoms with Gasteiger partial charge in [-0.25, -0.2) is 4.79 Å². The molecule has 0 aliphatic rings. The maximum absolute atomic E-state index is 10.8. The second-order valence-electron chi connectivity index (χ2n) is 2.54. The number of rotatable bonds is 4. The standard InChI is InChI=1S/C9H13N3OS/c1-10-9(13)12-5-6-14-8-3-2-4-11-7-8/h2-4,7H,5-6H2,1H3,(H2,10,12,13). The van der Waals surface area contributed by atoms with Crippen molar-refractivity contribution >= 4 is 17.8 Å². The van der Waals surface area contributed by atoms with E-state index in [1.165, 1.54) is 0 Å². The number of amides is 2. The molecule has 0 saturated heterocycles. The van der Waals surface area contributed by atoms with Gasteiger partial charge in [0.25, 0.3) is 0 Å². The van der Waals surface area contributed by atoms with E-state index < -0.39 is 0 Å². The molecule has 14 heavy (non-hydrogen) atoms. The Hall–Kier alpha value is -1.23. The number of pyridine rings is 1. The lowest BCUT2D eigenvalue weighted by molar-refractivity contribution is 0.243. The number of nitrogens with zero attached hydrogens (tertiary/aromatic N) is 1. The predicted octanol–water partition coefficient (Wildman–Crippen LogP) is 1.10. The molecule has 2 amide bonds. The Bertz CT molecular complexity index is 279. The van der Waals surface area contributed by atoms with E-state index in [-0.39, 0.29) is 6.03 Å². The van der Waals surface area contributed by atoms with Crippen LogP contribution in [0.1, 0.15) is 0 Å². The first-order valence-electron chi connectivity index (χ1n) is 4.31. The van der Waals surface area contributed by atoms with Crippen LogP contribution in [0.2, 0.25) is 0 Å². The van der Waals surface area contributed by atoms with Crippen LogP contribution in [0.4, 0.5) is 4.79 Å². The molecule has 0 unspecified atom stereocenters. The molecule has 1 rings (SSSR count). The van der Waals surface area contributed by atoms with Gasteiger partial charge in [0.15, 0.2) is 0 Å². The quantitative estimate of drug-likeness (QED) is 0.579. The first-order chi connectivity index (χ1) is 6.83. The second-order valence-corrected chi connectivity index (χ2v) is 3.71. The molecule has 2 N–H and O–H groups in total. The Balaban J connectivity index is 2.13. The van der Waals surface area contributed by atoms with Crippen LogP contribution in [0.25, 0.3) is 0 Å². The van der Waals surface area contributed by atoms with Crippen molar-refractivity contribution in [3.8, 4) is 0 Å². The minimum Gasteiger partial charge on any atom is -0.341 e. The number of thioether (sulfide) groups is 1. The topological polar surface area (TPSA) is 54.0 Å². The summed E-state index contributed by atoms with van der Waals surface area (Å²) in [4.78, 5) is 15.9. The highest BCUT2D eigenvalue weighted by Crippen LogP contribution is 2.14. The van der Waals surface area contributed by atoms with Crippen molar-refractivity contribution in [2.45, 2.75) is 4.90 Å². The number of aromatic nitrogens is 1. The summed E-state index contributed by atoms with van der Waals surface area (Å²) in [7, 11) is 1.60. The van der Waals surface area contributed by atoms with E-state index in [2.05, 4.69) is 15.6 Å². The summed E-state index contributed by atoms with van der Waals surface area (Å²) in [5.41, 5.74) is 0. The van der Waals surface area contributed by atoms with Gasteiger partial charge in [-0.05, 0) is 12.1 Å². The van der Waals surface area contributed by atoms with Crippen LogP contribution in [0, 0.1) is 0 Å². The van der Waals surface area contributed by atoms with Crippen molar-refractivity contribution in [2.24, 2.45) is 0 Å². The molecule has 0 radical (unpaired) electrons. The molecule has 0 atom stereocenters. The Morgan fingerprint density at radius 2 is 2.50 bits per heavy atom. The number of hydrogen-bond donors (Lipinski definition) is 2. The predicted molar refractivity (Wildman–Crippen MR) is 57.4 cm³/mol. The van der Waals surface area contributed by atoms with E-state index in [0.29, 0.717) is 6.54 Å². The highest BCUT2D eigenvalue weighted by molar-refractivity contribution is 7.99. The Labute approximate surface area is 87.5 Å². The number of urea groups is 1. The molecule has 0 fully saturated rings. The third kappa shape index (κ3) is 4.13. The van der Waals surface area contributed by atoms with Gasteiger partial charge in [0, 0.05) is 36.6 Å². The molecule has 0 spiro atoms. The molecule has 1 aromatic rings. The summed E-state index contributed by atoms with van der Waals surface area (Å²) < 4.78 is 0. The van der Waals surface area contributed by atoms with Crippen LogP contribution in [0.15, 0.2) is 29.4 Å². The SMILES string of the molecule is CNC(=O)NCCSc1cccnc1. The highest BCUT2D eigenvalue weighted by Gasteiger charge is 1.95. The lowest BCUT2D eigenvalue weighted by Gasteiger charge is -2.03. The van der Waals surface area contributed by atoms with Gasteiger partial charge in [-0.2, -0.15) is 0 Å². The molecular weight excluding hydrogens is 198 g/mol. The molecule has 0 bridgehead atoms. The van der Waals surface area contributed by atoms with Crippen LogP contribution in [-0.2, 0) is 0 Å². The molecule has 5 heteroatoms. The molecule has 0 saturated carbocycles. The van der Waals surface area contributed by atoms with Crippen molar-refractivity contribution in [1.29, 1.82) is 0 Å². The zero-order valence-electron chi connectivity index (χ0n) is 7.99. The van der Waals surface area contributed by atoms with Gasteiger partial charge >= 0.3 is 6.03 Å². The summed E-state index contributed by atoms with van der Waals surface area (Å²) in [6.07, 6.45) is 3.55. The normalized spacial score (nSPS) is 9.50. The first-order valence-corrected chi connectivity index (χ1v) is 5.30. The molecule has 1 heterocycles. The largest absolute Gasteiger partial charge is 0.341 e. The van der Waals surface area contributed by atoms with E-state index >= 15 is 0 Å². The molecular formula is C9H13N3OS. The fraction of sp³-hybridized carbons (Fsp3) is 0.333. The van der Waals surface area contributed by atoms with Gasteiger partial charge in [0.2, 0.25) is 0 Å². The van der Waals surface area contributed by atoms with Crippen LogP contribution in [0.5, 0.6) is 0 Å². The molecule has 0 aromatic carbocycles. The Morgan fingerprint density at radius 1 is 1.64 bits per heavy atom. The number of nitrogens with one attached hydrogen (secondary N) is 2. The third-order valence-corrected chi connectivity index (χ3v) is 2.50. The van der Waals surface area contributed by atoms with Gasteiger partial charge in [-0.15, -0.1) is 11.8 Å². The van der Waals surface area contributed by atoms with Crippen molar-refractivity contribution in [3.63, 3.8) is 0 Å². The van der Waals surface area contributed by atoms with Gasteiger partial charge in [0.05, 0.1) is 0 Å². The van der Waals surface area contributed by atoms with E-state index in [4.69, 9.17) is 0 Å². The Morgan fingerprint density at radius 3 is 3.14 bits per heavy atom. The summed E-state index contributed by atoms with van der Waals surface area (Å²) in [5.74, 6) is 0.846. The van der Waals surface area contributed by atoms with Crippen molar-refractivity contribution in [1.82, 2.24) is 15.6 Å². The molecule has 4 nitrogen and oxygen atoms in total. The fourth-order valence-electron chi connectivity index (χ4n) is 0.854. The van der Waals surface area contributed by atoms with Crippen molar-refractivity contribution in [2.75, 3.05) is 19.3 Å². The molecule has 0 aliphatic carbocycles. The number of carbonyl (C=O) groups is 1. The number of carbonyl (C=O) groups excluding carboxylic acids is 1. The Kier molecular flexibility index (Phi) is 4.85. The van der Waals surface area contributed by atoms with E-state index in [0.717, 1.165) is 10.6 Å². The summed E-state index contributed by atoms with van der Waals surface area (Å²) >= 11 is 1.67. The molecule has 0 aliphatic heterocycles. The van der Waals surface area contributed by atoms with Crippen LogP contribution >= 0.6 is 11.8 Å². The van der Waals surface area contributed by atoms with Crippen LogP contribution < -0.4 is 10.6 Å². The van der Waals surface area contributed by atoms with Crippen molar-refractivity contribution < 1.29 is 4.79 Å². The average molecular weight is 211 g/mol. The maximum Gasteiger partial charge on any atom is 0.314 e. The van der Waals surface area contributed by atoms with Crippen LogP contribution in [-0.4, -0.2) is 30.4 Å². The lowest BCUT2D eigenvalue weighted by atomic mass is 10.5.